The van der Waals surface area contributed by atoms with E-state index in [4.69, 9.17) is 14.6 Å². The van der Waals surface area contributed by atoms with Crippen LogP contribution in [0.3, 0.4) is 0 Å². The van der Waals surface area contributed by atoms with Crippen molar-refractivity contribution in [2.75, 3.05) is 19.8 Å². The fourth-order valence-corrected chi connectivity index (χ4v) is 2.22. The van der Waals surface area contributed by atoms with Crippen LogP contribution >= 0.6 is 0 Å². The molecule has 2 rings (SSSR count). The molecule has 1 heterocycles. The summed E-state index contributed by atoms with van der Waals surface area (Å²) in [7, 11) is -3.89. The number of rotatable bonds is 4. The largest absolute Gasteiger partial charge is 0.490 e. The molecule has 2 N–H and O–H groups in total. The SMILES string of the molecule is NS(=O)(=O)c1ccc(OCC2CCOC2)c(F)c1. The molecule has 0 amide bonds. The molecule has 0 bridgehead atoms. The predicted octanol–water partition coefficient (Wildman–Crippen LogP) is 0.888. The summed E-state index contributed by atoms with van der Waals surface area (Å²) in [5.74, 6) is -0.461. The zero-order valence-electron chi connectivity index (χ0n) is 9.63. The Labute approximate surface area is 105 Å². The van der Waals surface area contributed by atoms with E-state index in [9.17, 15) is 12.8 Å². The van der Waals surface area contributed by atoms with Crippen LogP contribution in [0.25, 0.3) is 0 Å². The summed E-state index contributed by atoms with van der Waals surface area (Å²) >= 11 is 0. The van der Waals surface area contributed by atoms with Gasteiger partial charge >= 0.3 is 0 Å². The van der Waals surface area contributed by atoms with Gasteiger partial charge < -0.3 is 9.47 Å². The monoisotopic (exact) mass is 275 g/mol. The van der Waals surface area contributed by atoms with Crippen LogP contribution in [-0.4, -0.2) is 28.2 Å². The third kappa shape index (κ3) is 3.18. The fraction of sp³-hybridized carbons (Fsp3) is 0.455. The number of halogens is 1. The summed E-state index contributed by atoms with van der Waals surface area (Å²) < 4.78 is 46.1. The van der Waals surface area contributed by atoms with Crippen molar-refractivity contribution in [1.82, 2.24) is 0 Å². The van der Waals surface area contributed by atoms with Gasteiger partial charge in [0.2, 0.25) is 10.0 Å². The molecule has 0 saturated carbocycles. The van der Waals surface area contributed by atoms with Crippen molar-refractivity contribution in [3.05, 3.63) is 24.0 Å². The fourth-order valence-electron chi connectivity index (χ4n) is 1.70. The van der Waals surface area contributed by atoms with E-state index < -0.39 is 15.8 Å². The van der Waals surface area contributed by atoms with Crippen LogP contribution in [0, 0.1) is 11.7 Å². The van der Waals surface area contributed by atoms with E-state index in [-0.39, 0.29) is 16.6 Å². The van der Waals surface area contributed by atoms with E-state index in [1.165, 1.54) is 12.1 Å². The van der Waals surface area contributed by atoms with Crippen molar-refractivity contribution >= 4 is 10.0 Å². The molecule has 0 spiro atoms. The number of nitrogens with two attached hydrogens (primary N) is 1. The van der Waals surface area contributed by atoms with Crippen molar-refractivity contribution in [2.24, 2.45) is 11.1 Å². The van der Waals surface area contributed by atoms with Crippen molar-refractivity contribution in [2.45, 2.75) is 11.3 Å². The summed E-state index contributed by atoms with van der Waals surface area (Å²) in [4.78, 5) is -0.267. The molecule has 1 aromatic carbocycles. The second-order valence-electron chi connectivity index (χ2n) is 4.18. The van der Waals surface area contributed by atoms with Gasteiger partial charge in [-0.15, -0.1) is 0 Å². The lowest BCUT2D eigenvalue weighted by molar-refractivity contribution is 0.165. The molecule has 0 aliphatic carbocycles. The number of hydrogen-bond acceptors (Lipinski definition) is 4. The van der Waals surface area contributed by atoms with E-state index in [2.05, 4.69) is 0 Å². The molecule has 1 saturated heterocycles. The molecule has 0 radical (unpaired) electrons. The first-order valence-corrected chi connectivity index (χ1v) is 7.04. The summed E-state index contributed by atoms with van der Waals surface area (Å²) in [5, 5.41) is 4.90. The van der Waals surface area contributed by atoms with E-state index in [1.807, 2.05) is 0 Å². The number of sulfonamides is 1. The molecular weight excluding hydrogens is 261 g/mol. The first kappa shape index (κ1) is 13.3. The molecule has 7 heteroatoms. The Balaban J connectivity index is 2.05. The van der Waals surface area contributed by atoms with Crippen molar-refractivity contribution in [3.8, 4) is 5.75 Å². The third-order valence-corrected chi connectivity index (χ3v) is 3.64. The molecule has 5 nitrogen and oxygen atoms in total. The minimum absolute atomic E-state index is 0.0225. The van der Waals surface area contributed by atoms with E-state index in [0.29, 0.717) is 19.8 Å². The maximum absolute atomic E-state index is 13.6. The molecule has 1 atom stereocenters. The lowest BCUT2D eigenvalue weighted by Crippen LogP contribution is -2.14. The molecule has 18 heavy (non-hydrogen) atoms. The van der Waals surface area contributed by atoms with Crippen molar-refractivity contribution in [1.29, 1.82) is 0 Å². The molecule has 1 fully saturated rings. The van der Waals surface area contributed by atoms with E-state index >= 15 is 0 Å². The Morgan fingerprint density at radius 3 is 2.83 bits per heavy atom. The summed E-state index contributed by atoms with van der Waals surface area (Å²) in [6.45, 7) is 1.66. The summed E-state index contributed by atoms with van der Waals surface area (Å²) in [6, 6.07) is 3.35. The molecule has 1 aliphatic heterocycles. The minimum atomic E-state index is -3.89. The standard InChI is InChI=1S/C11H14FNO4S/c12-10-5-9(18(13,14)15)1-2-11(10)17-7-8-3-4-16-6-8/h1-2,5,8H,3-4,6-7H2,(H2,13,14,15). The molecule has 1 unspecified atom stereocenters. The third-order valence-electron chi connectivity index (χ3n) is 2.73. The zero-order chi connectivity index (χ0) is 13.2. The van der Waals surface area contributed by atoms with Crippen LogP contribution in [0.4, 0.5) is 4.39 Å². The lowest BCUT2D eigenvalue weighted by atomic mass is 10.1. The summed E-state index contributed by atoms with van der Waals surface area (Å²) in [6.07, 6.45) is 0.886. The highest BCUT2D eigenvalue weighted by molar-refractivity contribution is 7.89. The first-order valence-electron chi connectivity index (χ1n) is 5.50. The topological polar surface area (TPSA) is 78.6 Å². The van der Waals surface area contributed by atoms with Crippen molar-refractivity contribution < 1.29 is 22.3 Å². The maximum Gasteiger partial charge on any atom is 0.238 e. The molecule has 0 aromatic heterocycles. The molecule has 1 aromatic rings. The minimum Gasteiger partial charge on any atom is -0.490 e. The maximum atomic E-state index is 13.6. The van der Waals surface area contributed by atoms with Gasteiger partial charge in [0.05, 0.1) is 18.1 Å². The Hall–Kier alpha value is -1.18. The number of hydrogen-bond donors (Lipinski definition) is 1. The van der Waals surface area contributed by atoms with Gasteiger partial charge in [-0.25, -0.2) is 17.9 Å². The van der Waals surface area contributed by atoms with Gasteiger partial charge in [-0.2, -0.15) is 0 Å². The highest BCUT2D eigenvalue weighted by atomic mass is 32.2. The highest BCUT2D eigenvalue weighted by Crippen LogP contribution is 2.22. The Bertz CT molecular complexity index is 526. The molecular formula is C11H14FNO4S. The predicted molar refractivity (Wildman–Crippen MR) is 62.2 cm³/mol. The van der Waals surface area contributed by atoms with Gasteiger partial charge in [0.15, 0.2) is 11.6 Å². The van der Waals surface area contributed by atoms with Crippen LogP contribution in [0.15, 0.2) is 23.1 Å². The van der Waals surface area contributed by atoms with E-state index in [0.717, 1.165) is 12.5 Å². The first-order chi connectivity index (χ1) is 8.47. The van der Waals surface area contributed by atoms with Crippen LogP contribution in [0.1, 0.15) is 6.42 Å². The molecule has 1 aliphatic rings. The van der Waals surface area contributed by atoms with E-state index in [1.54, 1.807) is 0 Å². The van der Waals surface area contributed by atoms with Gasteiger partial charge in [0.25, 0.3) is 0 Å². The van der Waals surface area contributed by atoms with Crippen LogP contribution in [0.2, 0.25) is 0 Å². The number of benzene rings is 1. The number of ether oxygens (including phenoxy) is 2. The zero-order valence-corrected chi connectivity index (χ0v) is 10.5. The normalized spacial score (nSPS) is 20.0. The Morgan fingerprint density at radius 1 is 1.50 bits per heavy atom. The van der Waals surface area contributed by atoms with Crippen LogP contribution in [0.5, 0.6) is 5.75 Å². The van der Waals surface area contributed by atoms with Gasteiger partial charge in [-0.3, -0.25) is 0 Å². The van der Waals surface area contributed by atoms with Crippen molar-refractivity contribution in [3.63, 3.8) is 0 Å². The Morgan fingerprint density at radius 2 is 2.28 bits per heavy atom. The van der Waals surface area contributed by atoms with Crippen LogP contribution < -0.4 is 9.88 Å². The van der Waals surface area contributed by atoms with Gasteiger partial charge in [-0.05, 0) is 24.6 Å². The van der Waals surface area contributed by atoms with Crippen LogP contribution in [-0.2, 0) is 14.8 Å². The van der Waals surface area contributed by atoms with Gasteiger partial charge in [-0.1, -0.05) is 0 Å². The Kier molecular flexibility index (Phi) is 3.84. The highest BCUT2D eigenvalue weighted by Gasteiger charge is 2.18. The smallest absolute Gasteiger partial charge is 0.238 e. The van der Waals surface area contributed by atoms with Gasteiger partial charge in [0, 0.05) is 12.5 Å². The second kappa shape index (κ2) is 5.21. The average Bonchev–Trinajstić information content (AvgIpc) is 2.79. The summed E-state index contributed by atoms with van der Waals surface area (Å²) in [5.41, 5.74) is 0. The quantitative estimate of drug-likeness (QED) is 0.885. The number of primary sulfonamides is 1. The second-order valence-corrected chi connectivity index (χ2v) is 5.74. The molecule has 100 valence electrons. The lowest BCUT2D eigenvalue weighted by Gasteiger charge is -2.11. The van der Waals surface area contributed by atoms with Gasteiger partial charge in [0.1, 0.15) is 0 Å². The average molecular weight is 275 g/mol.